The van der Waals surface area contributed by atoms with E-state index in [1.165, 1.54) is 17.7 Å². The van der Waals surface area contributed by atoms with E-state index < -0.39 is 11.7 Å². The van der Waals surface area contributed by atoms with Gasteiger partial charge in [-0.2, -0.15) is 0 Å². The Kier molecular flexibility index (Phi) is 8.55. The Labute approximate surface area is 211 Å². The number of ether oxygens (including phenoxy) is 2. The largest absolute Gasteiger partial charge is 0.497 e. The van der Waals surface area contributed by atoms with Gasteiger partial charge in [0.25, 0.3) is 11.8 Å². The fourth-order valence-corrected chi connectivity index (χ4v) is 4.42. The molecule has 0 bridgehead atoms. The maximum Gasteiger partial charge on any atom is 0.262 e. The van der Waals surface area contributed by atoms with Gasteiger partial charge in [0.05, 0.1) is 18.4 Å². The SMILES string of the molecule is COc1ccc(CCC2CCN(C(=O)c3ccccc3OCC(=O)Nc3ccccc3F)CC2)cc1. The van der Waals surface area contributed by atoms with E-state index in [1.54, 1.807) is 43.5 Å². The highest BCUT2D eigenvalue weighted by atomic mass is 19.1. The quantitative estimate of drug-likeness (QED) is 0.440. The molecule has 1 saturated heterocycles. The Morgan fingerprint density at radius 3 is 2.39 bits per heavy atom. The Hall–Kier alpha value is -3.87. The maximum atomic E-state index is 13.8. The van der Waals surface area contributed by atoms with E-state index in [4.69, 9.17) is 9.47 Å². The monoisotopic (exact) mass is 490 g/mol. The zero-order valence-electron chi connectivity index (χ0n) is 20.4. The highest BCUT2D eigenvalue weighted by molar-refractivity contribution is 5.97. The number of nitrogens with one attached hydrogen (secondary N) is 1. The van der Waals surface area contributed by atoms with Crippen molar-refractivity contribution in [2.24, 2.45) is 5.92 Å². The number of carbonyl (C=O) groups excluding carboxylic acids is 2. The van der Waals surface area contributed by atoms with Crippen LogP contribution in [0.1, 0.15) is 35.2 Å². The number of hydrogen-bond donors (Lipinski definition) is 1. The van der Waals surface area contributed by atoms with Crippen LogP contribution in [0.3, 0.4) is 0 Å². The molecule has 1 fully saturated rings. The number of benzene rings is 3. The Morgan fingerprint density at radius 2 is 1.67 bits per heavy atom. The lowest BCUT2D eigenvalue weighted by atomic mass is 9.90. The molecule has 1 aliphatic heterocycles. The number of aryl methyl sites for hydroxylation is 1. The predicted octanol–water partition coefficient (Wildman–Crippen LogP) is 5.34. The van der Waals surface area contributed by atoms with E-state index in [-0.39, 0.29) is 18.2 Å². The topological polar surface area (TPSA) is 67.9 Å². The van der Waals surface area contributed by atoms with Crippen LogP contribution < -0.4 is 14.8 Å². The minimum absolute atomic E-state index is 0.0883. The fourth-order valence-electron chi connectivity index (χ4n) is 4.42. The van der Waals surface area contributed by atoms with Crippen molar-refractivity contribution in [1.29, 1.82) is 0 Å². The van der Waals surface area contributed by atoms with Crippen molar-refractivity contribution in [2.45, 2.75) is 25.7 Å². The molecule has 6 nitrogen and oxygen atoms in total. The molecule has 0 radical (unpaired) electrons. The average molecular weight is 491 g/mol. The highest BCUT2D eigenvalue weighted by Crippen LogP contribution is 2.26. The summed E-state index contributed by atoms with van der Waals surface area (Å²) in [5, 5.41) is 2.49. The number of halogens is 1. The first-order chi connectivity index (χ1) is 17.5. The smallest absolute Gasteiger partial charge is 0.262 e. The highest BCUT2D eigenvalue weighted by Gasteiger charge is 2.25. The summed E-state index contributed by atoms with van der Waals surface area (Å²) in [6, 6.07) is 21.0. The van der Waals surface area contributed by atoms with Crippen LogP contribution in [0.15, 0.2) is 72.8 Å². The van der Waals surface area contributed by atoms with E-state index in [0.717, 1.165) is 31.4 Å². The molecular weight excluding hydrogens is 459 g/mol. The van der Waals surface area contributed by atoms with Gasteiger partial charge >= 0.3 is 0 Å². The van der Waals surface area contributed by atoms with E-state index in [1.807, 2.05) is 17.0 Å². The lowest BCUT2D eigenvalue weighted by Crippen LogP contribution is -2.38. The summed E-state index contributed by atoms with van der Waals surface area (Å²) in [4.78, 5) is 27.3. The molecule has 1 heterocycles. The van der Waals surface area contributed by atoms with Crippen molar-refractivity contribution in [1.82, 2.24) is 4.90 Å². The number of methoxy groups -OCH3 is 1. The summed E-state index contributed by atoms with van der Waals surface area (Å²) in [7, 11) is 1.67. The third-order valence-corrected chi connectivity index (χ3v) is 6.53. The molecular formula is C29H31FN2O4. The standard InChI is InChI=1S/C29H31FN2O4/c1-35-23-14-12-21(13-15-23)10-11-22-16-18-32(19-17-22)29(34)24-6-2-5-9-27(24)36-20-28(33)31-26-8-4-3-7-25(26)30/h2-9,12-15,22H,10-11,16-20H2,1H3,(H,31,33). The number of piperidine rings is 1. The van der Waals surface area contributed by atoms with Gasteiger partial charge in [0.15, 0.2) is 6.61 Å². The Bertz CT molecular complexity index is 1170. The van der Waals surface area contributed by atoms with E-state index >= 15 is 0 Å². The first-order valence-electron chi connectivity index (χ1n) is 12.2. The summed E-state index contributed by atoms with van der Waals surface area (Å²) in [5.41, 5.74) is 1.80. The van der Waals surface area contributed by atoms with Crippen LogP contribution in [-0.2, 0) is 11.2 Å². The zero-order valence-corrected chi connectivity index (χ0v) is 20.4. The number of likely N-dealkylation sites (tertiary alicyclic amines) is 1. The summed E-state index contributed by atoms with van der Waals surface area (Å²) in [6.07, 6.45) is 4.01. The molecule has 7 heteroatoms. The van der Waals surface area contributed by atoms with E-state index in [0.29, 0.717) is 30.3 Å². The molecule has 0 spiro atoms. The van der Waals surface area contributed by atoms with Gasteiger partial charge in [0, 0.05) is 13.1 Å². The Balaban J connectivity index is 1.27. The number of nitrogens with zero attached hydrogens (tertiary/aromatic N) is 1. The molecule has 2 amide bonds. The molecule has 3 aromatic carbocycles. The van der Waals surface area contributed by atoms with Gasteiger partial charge in [-0.15, -0.1) is 0 Å². The van der Waals surface area contributed by atoms with Crippen molar-refractivity contribution in [3.05, 3.63) is 89.7 Å². The molecule has 0 saturated carbocycles. The average Bonchev–Trinajstić information content (AvgIpc) is 2.92. The lowest BCUT2D eigenvalue weighted by molar-refractivity contribution is -0.118. The summed E-state index contributed by atoms with van der Waals surface area (Å²) in [6.45, 7) is 1.05. The molecule has 4 rings (SSSR count). The van der Waals surface area contributed by atoms with Crippen LogP contribution in [0.25, 0.3) is 0 Å². The molecule has 0 aliphatic carbocycles. The second kappa shape index (κ2) is 12.2. The van der Waals surface area contributed by atoms with Crippen LogP contribution >= 0.6 is 0 Å². The molecule has 3 aromatic rings. The van der Waals surface area contributed by atoms with Crippen molar-refractivity contribution in [3.63, 3.8) is 0 Å². The van der Waals surface area contributed by atoms with Crippen LogP contribution in [0, 0.1) is 11.7 Å². The van der Waals surface area contributed by atoms with Gasteiger partial charge in [0.2, 0.25) is 0 Å². The number of hydrogen-bond acceptors (Lipinski definition) is 4. The van der Waals surface area contributed by atoms with Crippen LogP contribution in [-0.4, -0.2) is 43.5 Å². The maximum absolute atomic E-state index is 13.8. The van der Waals surface area contributed by atoms with Gasteiger partial charge in [-0.3, -0.25) is 9.59 Å². The second-order valence-electron chi connectivity index (χ2n) is 8.94. The number of para-hydroxylation sites is 2. The molecule has 36 heavy (non-hydrogen) atoms. The fraction of sp³-hybridized carbons (Fsp3) is 0.310. The minimum Gasteiger partial charge on any atom is -0.497 e. The van der Waals surface area contributed by atoms with Gasteiger partial charge in [-0.05, 0) is 73.6 Å². The molecule has 1 aliphatic rings. The van der Waals surface area contributed by atoms with Crippen molar-refractivity contribution >= 4 is 17.5 Å². The third-order valence-electron chi connectivity index (χ3n) is 6.53. The number of anilines is 1. The first kappa shape index (κ1) is 25.2. The van der Waals surface area contributed by atoms with Crippen molar-refractivity contribution in [2.75, 3.05) is 32.1 Å². The second-order valence-corrected chi connectivity index (χ2v) is 8.94. The molecule has 0 atom stereocenters. The van der Waals surface area contributed by atoms with Gasteiger partial charge in [-0.25, -0.2) is 4.39 Å². The predicted molar refractivity (Wildman–Crippen MR) is 137 cm³/mol. The summed E-state index contributed by atoms with van der Waals surface area (Å²) >= 11 is 0. The van der Waals surface area contributed by atoms with Crippen LogP contribution in [0.4, 0.5) is 10.1 Å². The minimum atomic E-state index is -0.520. The van der Waals surface area contributed by atoms with Gasteiger partial charge in [-0.1, -0.05) is 36.4 Å². The summed E-state index contributed by atoms with van der Waals surface area (Å²) < 4.78 is 24.6. The van der Waals surface area contributed by atoms with Crippen LogP contribution in [0.5, 0.6) is 11.5 Å². The third kappa shape index (κ3) is 6.62. The van der Waals surface area contributed by atoms with Crippen molar-refractivity contribution in [3.8, 4) is 11.5 Å². The summed E-state index contributed by atoms with van der Waals surface area (Å²) in [5.74, 6) is 0.653. The number of rotatable bonds is 9. The zero-order chi connectivity index (χ0) is 25.3. The number of carbonyl (C=O) groups is 2. The van der Waals surface area contributed by atoms with Crippen LogP contribution in [0.2, 0.25) is 0 Å². The molecule has 0 aromatic heterocycles. The van der Waals surface area contributed by atoms with E-state index in [9.17, 15) is 14.0 Å². The normalized spacial score (nSPS) is 13.8. The van der Waals surface area contributed by atoms with Gasteiger partial charge < -0.3 is 19.7 Å². The molecule has 1 N–H and O–H groups in total. The molecule has 0 unspecified atom stereocenters. The van der Waals surface area contributed by atoms with Gasteiger partial charge in [0.1, 0.15) is 17.3 Å². The molecule has 188 valence electrons. The number of amides is 2. The first-order valence-corrected chi connectivity index (χ1v) is 12.2. The van der Waals surface area contributed by atoms with E-state index in [2.05, 4.69) is 17.4 Å². The Morgan fingerprint density at radius 1 is 0.972 bits per heavy atom. The van der Waals surface area contributed by atoms with Crippen molar-refractivity contribution < 1.29 is 23.5 Å². The lowest BCUT2D eigenvalue weighted by Gasteiger charge is -2.32.